The van der Waals surface area contributed by atoms with Gasteiger partial charge in [-0.15, -0.1) is 24.9 Å². The number of benzene rings is 2. The van der Waals surface area contributed by atoms with E-state index in [4.69, 9.17) is 45.0 Å². The minimum Gasteiger partial charge on any atom is -0.456 e. The Morgan fingerprint density at radius 1 is 0.744 bits per heavy atom. The average Bonchev–Trinajstić information content (AvgIpc) is 3.46. The molecule has 0 heterocycles. The lowest BCUT2D eigenvalue weighted by Crippen LogP contribution is -2.12. The zero-order chi connectivity index (χ0) is 62.0. The minimum absolute atomic E-state index is 0.264. The molecule has 0 saturated heterocycles. The molecule has 0 aliphatic heterocycles. The van der Waals surface area contributed by atoms with Crippen molar-refractivity contribution in [2.45, 2.75) is 197 Å². The first kappa shape index (κ1) is 83.0. The standard InChI is InChI=1S/C25H42O3S.C22H34F2O3.C17H29ClN2S.C3H8.C2H4/c1-5-23(4)21-28-18-17-26-15-7-6-8-16-27-19-20-29-25-13-11-24(12-14-25)10-9-22(2)3;1-4-5-6-7-8-9-10-12-25-14-15-26-13-11-19(3)27-22-20(23)16-18(2)17-21(22)24;1-6-8-9-17(14(4)20-15(5)18)13(3)19-11-10-16(7-2)12-21;1-3-2;1-2/h5,11-14,22H,6-10,15-21H2,1-4H3;16-17H,3-15H2,1-2H3;8-9,16,20-21H,5-7,10-12H2,1-4H3;3H2,1-2H3;1-2H2/b23-5+;;9-8+,17-14-,19-13?;;. The maximum atomic E-state index is 13.7. The fraction of sp³-hybridized carbons (Fsp3) is 0.638. The molecule has 0 saturated carbocycles. The van der Waals surface area contributed by atoms with Gasteiger partial charge in [-0.2, -0.15) is 12.6 Å². The molecule has 1 N–H and O–H groups in total. The van der Waals surface area contributed by atoms with Gasteiger partial charge in [0.15, 0.2) is 17.4 Å². The summed E-state index contributed by atoms with van der Waals surface area (Å²) in [7, 11) is 0. The van der Waals surface area contributed by atoms with Gasteiger partial charge in [-0.25, -0.2) is 8.78 Å². The molecule has 0 aliphatic carbocycles. The van der Waals surface area contributed by atoms with Gasteiger partial charge >= 0.3 is 0 Å². The summed E-state index contributed by atoms with van der Waals surface area (Å²) in [6, 6.07) is 11.5. The number of nitrogens with one attached hydrogen (secondary N) is 1. The molecule has 0 aromatic heterocycles. The molecule has 1 unspecified atom stereocenters. The zero-order valence-corrected chi connectivity index (χ0v) is 56.2. The molecule has 8 nitrogen and oxygen atoms in total. The molecular formula is C69H117ClF2N2O6S2. The molecule has 82 heavy (non-hydrogen) atoms. The minimum atomic E-state index is -0.728. The molecule has 2 rings (SSSR count). The van der Waals surface area contributed by atoms with E-state index in [1.807, 2.05) is 32.5 Å². The van der Waals surface area contributed by atoms with Gasteiger partial charge in [0, 0.05) is 60.4 Å². The van der Waals surface area contributed by atoms with Crippen molar-refractivity contribution in [3.05, 3.63) is 131 Å². The van der Waals surface area contributed by atoms with Gasteiger partial charge in [-0.3, -0.25) is 4.99 Å². The number of thiol groups is 1. The van der Waals surface area contributed by atoms with E-state index in [2.05, 4.69) is 142 Å². The SMILES string of the molecule is C/C=C(\C)COCCOCCCCCOCCSc1ccc(CCC(C)C)cc1.C=C.C=C(CCOCCOCCCCCCCCC)Oc1c(F)cc(C)cc1F.C=C(Cl)N/C(C)=C(/C=C/CC)C(C)=NCCC(CC)CS.CCC. The van der Waals surface area contributed by atoms with Crippen LogP contribution in [0.1, 0.15) is 190 Å². The first-order valence-electron chi connectivity index (χ1n) is 30.7. The predicted molar refractivity (Wildman–Crippen MR) is 359 cm³/mol. The predicted octanol–water partition coefficient (Wildman–Crippen LogP) is 20.4. The molecule has 0 aliphatic rings. The Morgan fingerprint density at radius 3 is 1.78 bits per heavy atom. The summed E-state index contributed by atoms with van der Waals surface area (Å²) in [6.45, 7) is 46.0. The lowest BCUT2D eigenvalue weighted by atomic mass is 10.0. The fourth-order valence-electron chi connectivity index (χ4n) is 7.25. The average molecular weight is 1210 g/mol. The molecule has 0 bridgehead atoms. The molecule has 1 atom stereocenters. The van der Waals surface area contributed by atoms with E-state index in [1.165, 1.54) is 86.0 Å². The van der Waals surface area contributed by atoms with Gasteiger partial charge in [0.1, 0.15) is 0 Å². The quantitative estimate of drug-likeness (QED) is 0.00993. The van der Waals surface area contributed by atoms with E-state index in [0.29, 0.717) is 62.7 Å². The summed E-state index contributed by atoms with van der Waals surface area (Å²) in [5, 5.41) is 3.48. The number of halogens is 3. The lowest BCUT2D eigenvalue weighted by molar-refractivity contribution is 0.0455. The maximum absolute atomic E-state index is 13.7. The fourth-order valence-corrected chi connectivity index (χ4v) is 8.59. The summed E-state index contributed by atoms with van der Waals surface area (Å²) < 4.78 is 60.4. The highest BCUT2D eigenvalue weighted by Crippen LogP contribution is 2.25. The number of hydrogen-bond acceptors (Lipinski definition) is 10. The van der Waals surface area contributed by atoms with Crippen LogP contribution >= 0.6 is 36.0 Å². The van der Waals surface area contributed by atoms with Gasteiger partial charge in [0.25, 0.3) is 0 Å². The Bertz CT molecular complexity index is 1930. The topological polar surface area (TPSA) is 79.8 Å². The molecule has 13 heteroatoms. The van der Waals surface area contributed by atoms with E-state index < -0.39 is 17.4 Å². The zero-order valence-electron chi connectivity index (χ0n) is 53.8. The Hall–Kier alpha value is -3.20. The van der Waals surface area contributed by atoms with Gasteiger partial charge in [-0.05, 0) is 139 Å². The normalized spacial score (nSPS) is 12.0. The number of thioether (sulfide) groups is 1. The molecule has 0 spiro atoms. The van der Waals surface area contributed by atoms with Crippen molar-refractivity contribution in [2.24, 2.45) is 16.8 Å². The van der Waals surface area contributed by atoms with Gasteiger partial charge in [0.05, 0.1) is 57.2 Å². The third kappa shape index (κ3) is 52.4. The molecule has 2 aromatic rings. The van der Waals surface area contributed by atoms with E-state index in [9.17, 15) is 8.78 Å². The second-order valence-corrected chi connectivity index (χ2v) is 22.5. The third-order valence-electron chi connectivity index (χ3n) is 12.2. The van der Waals surface area contributed by atoms with Crippen LogP contribution in [0.5, 0.6) is 5.75 Å². The van der Waals surface area contributed by atoms with Crippen molar-refractivity contribution in [2.75, 3.05) is 84.1 Å². The molecule has 0 amide bonds. The van der Waals surface area contributed by atoms with Crippen LogP contribution in [-0.4, -0.2) is 89.8 Å². The molecule has 2 aromatic carbocycles. The Balaban J connectivity index is -0.00000111. The van der Waals surface area contributed by atoms with Crippen molar-refractivity contribution in [1.29, 1.82) is 0 Å². The van der Waals surface area contributed by atoms with Crippen LogP contribution in [-0.2, 0) is 30.1 Å². The van der Waals surface area contributed by atoms with Gasteiger partial charge in [-0.1, -0.05) is 161 Å². The van der Waals surface area contributed by atoms with E-state index in [-0.39, 0.29) is 5.76 Å². The number of allylic oxidation sites excluding steroid dienone is 5. The van der Waals surface area contributed by atoms with Crippen molar-refractivity contribution in [3.63, 3.8) is 0 Å². The summed E-state index contributed by atoms with van der Waals surface area (Å²) >= 11 is 12.1. The first-order chi connectivity index (χ1) is 39.5. The van der Waals surface area contributed by atoms with Crippen molar-refractivity contribution in [1.82, 2.24) is 5.32 Å². The number of aryl methyl sites for hydroxylation is 2. The molecule has 472 valence electrons. The van der Waals surface area contributed by atoms with Crippen molar-refractivity contribution >= 4 is 41.7 Å². The number of unbranched alkanes of at least 4 members (excludes halogenated alkanes) is 8. The Kier molecular flexibility index (Phi) is 61.7. The third-order valence-corrected chi connectivity index (χ3v) is 13.8. The largest absolute Gasteiger partial charge is 0.456 e. The Morgan fingerprint density at radius 2 is 1.27 bits per heavy atom. The smallest absolute Gasteiger partial charge is 0.198 e. The van der Waals surface area contributed by atoms with Crippen LogP contribution in [0, 0.1) is 30.4 Å². The highest BCUT2D eigenvalue weighted by atomic mass is 35.5. The molecular weight excluding hydrogens is 1090 g/mol. The Labute approximate surface area is 516 Å². The van der Waals surface area contributed by atoms with Crippen molar-refractivity contribution < 1.29 is 37.2 Å². The number of hydrogen-bond donors (Lipinski definition) is 2. The number of nitrogens with zero attached hydrogens (tertiary/aromatic N) is 1. The summed E-state index contributed by atoms with van der Waals surface area (Å²) in [5.41, 5.74) is 6.29. The summed E-state index contributed by atoms with van der Waals surface area (Å²) in [6.07, 6.45) is 25.8. The maximum Gasteiger partial charge on any atom is 0.198 e. The van der Waals surface area contributed by atoms with Gasteiger partial charge in [0.2, 0.25) is 0 Å². The van der Waals surface area contributed by atoms with Crippen LogP contribution in [0.4, 0.5) is 8.78 Å². The van der Waals surface area contributed by atoms with Crippen LogP contribution in [0.2, 0.25) is 0 Å². The summed E-state index contributed by atoms with van der Waals surface area (Å²) in [5.74, 6) is 1.75. The van der Waals surface area contributed by atoms with Crippen molar-refractivity contribution in [3.8, 4) is 5.75 Å². The van der Waals surface area contributed by atoms with E-state index in [0.717, 1.165) is 112 Å². The number of ether oxygens (including phenoxy) is 6. The van der Waals surface area contributed by atoms with Crippen LogP contribution in [0.15, 0.2) is 119 Å². The second-order valence-electron chi connectivity index (χ2n) is 20.5. The number of rotatable bonds is 44. The number of aliphatic imine (C=N–C) groups is 1. The molecule has 0 radical (unpaired) electrons. The summed E-state index contributed by atoms with van der Waals surface area (Å²) in [4.78, 5) is 6.04. The highest BCUT2D eigenvalue weighted by molar-refractivity contribution is 7.99. The highest BCUT2D eigenvalue weighted by Gasteiger charge is 2.13. The van der Waals surface area contributed by atoms with Crippen LogP contribution in [0.3, 0.4) is 0 Å². The van der Waals surface area contributed by atoms with Crippen LogP contribution in [0.25, 0.3) is 0 Å². The van der Waals surface area contributed by atoms with Crippen LogP contribution < -0.4 is 10.1 Å². The van der Waals surface area contributed by atoms with E-state index >= 15 is 0 Å². The van der Waals surface area contributed by atoms with E-state index in [1.54, 1.807) is 6.92 Å². The lowest BCUT2D eigenvalue weighted by Gasteiger charge is -2.12. The van der Waals surface area contributed by atoms with Gasteiger partial charge < -0.3 is 33.7 Å². The first-order valence-corrected chi connectivity index (χ1v) is 32.7. The second kappa shape index (κ2) is 60.9. The monoisotopic (exact) mass is 1210 g/mol. The molecule has 0 fully saturated rings.